The summed E-state index contributed by atoms with van der Waals surface area (Å²) in [4.78, 5) is 0. The fourth-order valence-corrected chi connectivity index (χ4v) is 1.48. The number of phenols is 1. The van der Waals surface area contributed by atoms with Crippen LogP contribution in [0.4, 0.5) is 0 Å². The van der Waals surface area contributed by atoms with Crippen LogP contribution in [-0.2, 0) is 6.42 Å². The third-order valence-corrected chi connectivity index (χ3v) is 2.42. The predicted molar refractivity (Wildman–Crippen MR) is 73.3 cm³/mol. The highest BCUT2D eigenvalue weighted by molar-refractivity contribution is 5.24. The van der Waals surface area contributed by atoms with Crippen LogP contribution in [0.2, 0.25) is 0 Å². The molecular weight excluding hydrogens is 208 g/mol. The molecule has 0 aliphatic carbocycles. The second-order valence-electron chi connectivity index (χ2n) is 4.07. The Hall–Kier alpha value is -1.76. The number of phenolic OH excluding ortho intramolecular Hbond substituents is 1. The number of aromatic hydroxyl groups is 1. The molecule has 2 aromatic carbocycles. The first-order valence-corrected chi connectivity index (χ1v) is 6.02. The van der Waals surface area contributed by atoms with Gasteiger partial charge in [-0.15, -0.1) is 0 Å². The predicted octanol–water partition coefficient (Wildman–Crippen LogP) is 4.34. The van der Waals surface area contributed by atoms with E-state index >= 15 is 0 Å². The van der Waals surface area contributed by atoms with Crippen molar-refractivity contribution in [1.29, 1.82) is 0 Å². The summed E-state index contributed by atoms with van der Waals surface area (Å²) in [5, 5.41) is 8.76. The molecule has 0 saturated carbocycles. The zero-order valence-electron chi connectivity index (χ0n) is 10.6. The first kappa shape index (κ1) is 13.3. The van der Waals surface area contributed by atoms with Crippen molar-refractivity contribution >= 4 is 0 Å². The van der Waals surface area contributed by atoms with E-state index in [2.05, 4.69) is 37.3 Å². The minimum Gasteiger partial charge on any atom is -0.508 e. The Morgan fingerprint density at radius 3 is 1.94 bits per heavy atom. The van der Waals surface area contributed by atoms with Gasteiger partial charge in [-0.3, -0.25) is 0 Å². The van der Waals surface area contributed by atoms with Crippen molar-refractivity contribution in [1.82, 2.24) is 0 Å². The van der Waals surface area contributed by atoms with Crippen molar-refractivity contribution in [2.45, 2.75) is 26.7 Å². The number of hydrogen-bond donors (Lipinski definition) is 1. The van der Waals surface area contributed by atoms with Crippen LogP contribution in [0.5, 0.6) is 5.75 Å². The Labute approximate surface area is 104 Å². The molecule has 0 fully saturated rings. The van der Waals surface area contributed by atoms with Crippen molar-refractivity contribution in [2.75, 3.05) is 0 Å². The molecule has 1 N–H and O–H groups in total. The van der Waals surface area contributed by atoms with Crippen molar-refractivity contribution in [3.8, 4) is 5.75 Å². The molecule has 0 aliphatic heterocycles. The van der Waals surface area contributed by atoms with Gasteiger partial charge in [-0.2, -0.15) is 0 Å². The average Bonchev–Trinajstić information content (AvgIpc) is 2.36. The number of hydrogen-bond acceptors (Lipinski definition) is 1. The summed E-state index contributed by atoms with van der Waals surface area (Å²) in [6.45, 7) is 4.19. The quantitative estimate of drug-likeness (QED) is 0.810. The van der Waals surface area contributed by atoms with E-state index in [4.69, 9.17) is 5.11 Å². The summed E-state index contributed by atoms with van der Waals surface area (Å²) in [6, 6.07) is 17.7. The highest BCUT2D eigenvalue weighted by Gasteiger charge is 1.84. The van der Waals surface area contributed by atoms with Gasteiger partial charge in [-0.05, 0) is 31.0 Å². The van der Waals surface area contributed by atoms with Gasteiger partial charge >= 0.3 is 0 Å². The van der Waals surface area contributed by atoms with Crippen LogP contribution in [0.1, 0.15) is 24.5 Å². The second kappa shape index (κ2) is 7.50. The van der Waals surface area contributed by atoms with Crippen molar-refractivity contribution < 1.29 is 5.11 Å². The van der Waals surface area contributed by atoms with Gasteiger partial charge in [0.2, 0.25) is 0 Å². The topological polar surface area (TPSA) is 20.2 Å². The second-order valence-corrected chi connectivity index (χ2v) is 4.07. The summed E-state index contributed by atoms with van der Waals surface area (Å²) in [5.74, 6) is 0.329. The molecule has 0 heterocycles. The van der Waals surface area contributed by atoms with E-state index in [1.54, 1.807) is 12.1 Å². The van der Waals surface area contributed by atoms with E-state index in [1.165, 1.54) is 24.0 Å². The van der Waals surface area contributed by atoms with Crippen molar-refractivity contribution in [3.63, 3.8) is 0 Å². The van der Waals surface area contributed by atoms with E-state index < -0.39 is 0 Å². The van der Waals surface area contributed by atoms with E-state index in [0.717, 1.165) is 0 Å². The largest absolute Gasteiger partial charge is 0.508 e. The summed E-state index contributed by atoms with van der Waals surface area (Å²) in [5.41, 5.74) is 2.61. The van der Waals surface area contributed by atoms with Crippen LogP contribution in [-0.4, -0.2) is 5.11 Å². The molecule has 2 rings (SSSR count). The number of benzene rings is 2. The van der Waals surface area contributed by atoms with Crippen molar-refractivity contribution in [2.24, 2.45) is 0 Å². The maximum absolute atomic E-state index is 8.76. The molecule has 0 radical (unpaired) electrons. The third kappa shape index (κ3) is 5.76. The Morgan fingerprint density at radius 2 is 1.47 bits per heavy atom. The molecule has 0 aromatic heterocycles. The summed E-state index contributed by atoms with van der Waals surface area (Å²) in [7, 11) is 0. The van der Waals surface area contributed by atoms with Gasteiger partial charge in [0.25, 0.3) is 0 Å². The van der Waals surface area contributed by atoms with Gasteiger partial charge in [0.15, 0.2) is 0 Å². The lowest BCUT2D eigenvalue weighted by Gasteiger charge is -1.93. The van der Waals surface area contributed by atoms with E-state index in [9.17, 15) is 0 Å². The van der Waals surface area contributed by atoms with Gasteiger partial charge in [-0.25, -0.2) is 0 Å². The molecule has 2 aromatic rings. The standard InChI is InChI=1S/C9H12.C7H8O/c1-2-6-9-7-4-3-5-8-9;1-6-2-4-7(8)5-3-6/h3-5,7-8H,2,6H2,1H3;2-5,8H,1H3. The molecule has 17 heavy (non-hydrogen) atoms. The number of rotatable bonds is 2. The molecule has 0 amide bonds. The Morgan fingerprint density at radius 1 is 0.882 bits per heavy atom. The summed E-state index contributed by atoms with van der Waals surface area (Å²) >= 11 is 0. The lowest BCUT2D eigenvalue weighted by atomic mass is 10.1. The fraction of sp³-hybridized carbons (Fsp3) is 0.250. The minimum absolute atomic E-state index is 0.329. The van der Waals surface area contributed by atoms with E-state index in [1.807, 2.05) is 19.1 Å². The molecule has 0 aliphatic rings. The van der Waals surface area contributed by atoms with Crippen LogP contribution in [0.25, 0.3) is 0 Å². The fourth-order valence-electron chi connectivity index (χ4n) is 1.48. The zero-order valence-corrected chi connectivity index (χ0v) is 10.6. The Bertz CT molecular complexity index is 382. The summed E-state index contributed by atoms with van der Waals surface area (Å²) in [6.07, 6.45) is 2.45. The lowest BCUT2D eigenvalue weighted by Crippen LogP contribution is -1.78. The van der Waals surface area contributed by atoms with Gasteiger partial charge in [0, 0.05) is 0 Å². The Kier molecular flexibility index (Phi) is 5.87. The first-order chi connectivity index (χ1) is 8.22. The molecule has 90 valence electrons. The SMILES string of the molecule is CCCc1ccccc1.Cc1ccc(O)cc1. The van der Waals surface area contributed by atoms with E-state index in [0.29, 0.717) is 5.75 Å². The monoisotopic (exact) mass is 228 g/mol. The van der Waals surface area contributed by atoms with Gasteiger partial charge in [0.05, 0.1) is 0 Å². The number of aryl methyl sites for hydroxylation is 2. The minimum atomic E-state index is 0.329. The maximum Gasteiger partial charge on any atom is 0.115 e. The maximum atomic E-state index is 8.76. The molecule has 0 atom stereocenters. The van der Waals surface area contributed by atoms with Crippen LogP contribution in [0.15, 0.2) is 54.6 Å². The molecule has 0 unspecified atom stereocenters. The highest BCUT2D eigenvalue weighted by Crippen LogP contribution is 2.07. The van der Waals surface area contributed by atoms with Gasteiger partial charge < -0.3 is 5.11 Å². The van der Waals surface area contributed by atoms with Crippen LogP contribution in [0, 0.1) is 6.92 Å². The van der Waals surface area contributed by atoms with Crippen molar-refractivity contribution in [3.05, 3.63) is 65.7 Å². The third-order valence-electron chi connectivity index (χ3n) is 2.42. The van der Waals surface area contributed by atoms with Gasteiger partial charge in [0.1, 0.15) is 5.75 Å². The lowest BCUT2D eigenvalue weighted by molar-refractivity contribution is 0.475. The highest BCUT2D eigenvalue weighted by atomic mass is 16.3. The molecule has 0 saturated heterocycles. The molecule has 1 heteroatoms. The first-order valence-electron chi connectivity index (χ1n) is 6.02. The molecule has 0 bridgehead atoms. The van der Waals surface area contributed by atoms with Crippen LogP contribution in [0.3, 0.4) is 0 Å². The summed E-state index contributed by atoms with van der Waals surface area (Å²) < 4.78 is 0. The normalized spacial score (nSPS) is 9.29. The van der Waals surface area contributed by atoms with E-state index in [-0.39, 0.29) is 0 Å². The average molecular weight is 228 g/mol. The zero-order chi connectivity index (χ0) is 12.5. The van der Waals surface area contributed by atoms with Crippen LogP contribution < -0.4 is 0 Å². The van der Waals surface area contributed by atoms with Gasteiger partial charge in [-0.1, -0.05) is 61.4 Å². The molecule has 0 spiro atoms. The molecular formula is C16H20O. The van der Waals surface area contributed by atoms with Crippen LogP contribution >= 0.6 is 0 Å². The smallest absolute Gasteiger partial charge is 0.115 e. The Balaban J connectivity index is 0.000000171. The molecule has 1 nitrogen and oxygen atoms in total.